The van der Waals surface area contributed by atoms with Gasteiger partial charge in [-0.05, 0) is 62.0 Å². The van der Waals surface area contributed by atoms with E-state index in [4.69, 9.17) is 0 Å². The average molecular weight is 284 g/mol. The molecule has 112 valence electrons. The molecule has 2 nitrogen and oxygen atoms in total. The maximum Gasteiger partial charge on any atom is 0.178 e. The average Bonchev–Trinajstić information content (AvgIpc) is 2.76. The molecule has 4 rings (SSSR count). The van der Waals surface area contributed by atoms with Crippen LogP contribution >= 0.6 is 0 Å². The molecule has 0 aromatic rings. The van der Waals surface area contributed by atoms with E-state index >= 15 is 0 Å². The van der Waals surface area contributed by atoms with Gasteiger partial charge in [0.2, 0.25) is 0 Å². The highest BCUT2D eigenvalue weighted by Crippen LogP contribution is 2.63. The van der Waals surface area contributed by atoms with Crippen molar-refractivity contribution in [2.45, 2.75) is 52.4 Å². The number of carbonyl (C=O) groups is 2. The summed E-state index contributed by atoms with van der Waals surface area (Å²) in [5.41, 5.74) is 1.35. The quantitative estimate of drug-likeness (QED) is 0.677. The minimum atomic E-state index is -0.0487. The van der Waals surface area contributed by atoms with Gasteiger partial charge in [-0.15, -0.1) is 0 Å². The van der Waals surface area contributed by atoms with E-state index in [1.54, 1.807) is 6.08 Å². The fraction of sp³-hybridized carbons (Fsp3) is 0.684. The van der Waals surface area contributed by atoms with Crippen molar-refractivity contribution in [3.63, 3.8) is 0 Å². The Labute approximate surface area is 126 Å². The Morgan fingerprint density at radius 3 is 2.67 bits per heavy atom. The largest absolute Gasteiger partial charge is 0.299 e. The third kappa shape index (κ3) is 1.65. The highest BCUT2D eigenvalue weighted by molar-refractivity contribution is 6.01. The number of rotatable bonds is 0. The third-order valence-corrected chi connectivity index (χ3v) is 7.27. The van der Waals surface area contributed by atoms with Crippen molar-refractivity contribution in [1.29, 1.82) is 0 Å². The Hall–Kier alpha value is -1.18. The SMILES string of the molecule is C[C@]12C=CC(=O)C=C1CC[C@H]1[C@H]2CC[C@]2(C)C(=O)CC[C@@H]12. The predicted octanol–water partition coefficient (Wildman–Crippen LogP) is 3.86. The van der Waals surface area contributed by atoms with Crippen LogP contribution in [-0.2, 0) is 9.59 Å². The summed E-state index contributed by atoms with van der Waals surface area (Å²) in [7, 11) is 0. The molecule has 3 fully saturated rings. The van der Waals surface area contributed by atoms with Crippen molar-refractivity contribution in [3.8, 4) is 0 Å². The molecule has 21 heavy (non-hydrogen) atoms. The molecule has 4 aliphatic carbocycles. The van der Waals surface area contributed by atoms with E-state index in [2.05, 4.69) is 19.9 Å². The molecule has 0 heterocycles. The number of ketones is 2. The number of Topliss-reactive ketones (excluding diaryl/α,β-unsaturated/α-hetero) is 1. The van der Waals surface area contributed by atoms with Crippen LogP contribution in [0.2, 0.25) is 0 Å². The van der Waals surface area contributed by atoms with E-state index in [9.17, 15) is 9.59 Å². The number of hydrogen-bond acceptors (Lipinski definition) is 2. The lowest BCUT2D eigenvalue weighted by atomic mass is 9.48. The van der Waals surface area contributed by atoms with Gasteiger partial charge >= 0.3 is 0 Å². The third-order valence-electron chi connectivity index (χ3n) is 7.27. The van der Waals surface area contributed by atoms with E-state index in [-0.39, 0.29) is 16.6 Å². The Morgan fingerprint density at radius 2 is 1.86 bits per heavy atom. The fourth-order valence-corrected chi connectivity index (χ4v) is 5.97. The standard InChI is InChI=1S/C19H24O2/c1-18-9-7-13(20)11-12(18)3-4-14-15-5-6-17(21)19(15,2)10-8-16(14)18/h7,9,11,14-16H,3-6,8,10H2,1-2H3/t14-,15+,16-,18+,19+/m1/s1. The number of fused-ring (bicyclic) bond motifs is 5. The van der Waals surface area contributed by atoms with Crippen LogP contribution in [0.1, 0.15) is 52.4 Å². The first-order valence-electron chi connectivity index (χ1n) is 8.43. The van der Waals surface area contributed by atoms with E-state index in [0.29, 0.717) is 23.5 Å². The van der Waals surface area contributed by atoms with Crippen LogP contribution in [-0.4, -0.2) is 11.6 Å². The summed E-state index contributed by atoms with van der Waals surface area (Å²) >= 11 is 0. The van der Waals surface area contributed by atoms with Gasteiger partial charge in [-0.25, -0.2) is 0 Å². The molecular formula is C19H24O2. The van der Waals surface area contributed by atoms with E-state index in [1.807, 2.05) is 6.08 Å². The van der Waals surface area contributed by atoms with Crippen molar-refractivity contribution >= 4 is 11.6 Å². The molecule has 0 radical (unpaired) electrons. The first kappa shape index (κ1) is 13.5. The van der Waals surface area contributed by atoms with Crippen LogP contribution in [0.25, 0.3) is 0 Å². The number of allylic oxidation sites excluding steroid dienone is 4. The van der Waals surface area contributed by atoms with Crippen LogP contribution in [0, 0.1) is 28.6 Å². The van der Waals surface area contributed by atoms with Gasteiger partial charge in [0.1, 0.15) is 5.78 Å². The van der Waals surface area contributed by atoms with Crippen molar-refractivity contribution in [1.82, 2.24) is 0 Å². The normalized spacial score (nSPS) is 48.5. The number of carbonyl (C=O) groups excluding carboxylic acids is 2. The highest BCUT2D eigenvalue weighted by Gasteiger charge is 2.58. The van der Waals surface area contributed by atoms with Crippen LogP contribution in [0.3, 0.4) is 0 Å². The Morgan fingerprint density at radius 1 is 1.05 bits per heavy atom. The van der Waals surface area contributed by atoms with E-state index in [1.165, 1.54) is 12.0 Å². The van der Waals surface area contributed by atoms with E-state index < -0.39 is 0 Å². The molecule has 0 N–H and O–H groups in total. The zero-order chi connectivity index (χ0) is 14.8. The summed E-state index contributed by atoms with van der Waals surface area (Å²) in [6.07, 6.45) is 12.1. The zero-order valence-electron chi connectivity index (χ0n) is 13.0. The summed E-state index contributed by atoms with van der Waals surface area (Å²) in [5.74, 6) is 2.51. The fourth-order valence-electron chi connectivity index (χ4n) is 5.97. The van der Waals surface area contributed by atoms with Crippen molar-refractivity contribution in [2.75, 3.05) is 0 Å². The number of hydrogen-bond donors (Lipinski definition) is 0. The maximum atomic E-state index is 12.3. The molecule has 0 aliphatic heterocycles. The molecule has 0 amide bonds. The summed E-state index contributed by atoms with van der Waals surface area (Å²) in [5, 5.41) is 0. The summed E-state index contributed by atoms with van der Waals surface area (Å²) in [4.78, 5) is 24.0. The minimum Gasteiger partial charge on any atom is -0.299 e. The molecule has 0 unspecified atom stereocenters. The summed E-state index contributed by atoms with van der Waals surface area (Å²) in [6.45, 7) is 4.54. The predicted molar refractivity (Wildman–Crippen MR) is 81.6 cm³/mol. The first-order chi connectivity index (χ1) is 9.95. The maximum absolute atomic E-state index is 12.3. The van der Waals surface area contributed by atoms with Gasteiger partial charge in [0.25, 0.3) is 0 Å². The van der Waals surface area contributed by atoms with Gasteiger partial charge < -0.3 is 0 Å². The lowest BCUT2D eigenvalue weighted by Crippen LogP contribution is -2.49. The van der Waals surface area contributed by atoms with Crippen molar-refractivity contribution in [2.24, 2.45) is 28.6 Å². The Bertz CT molecular complexity index is 584. The smallest absolute Gasteiger partial charge is 0.178 e. The van der Waals surface area contributed by atoms with Gasteiger partial charge in [-0.1, -0.05) is 25.5 Å². The summed E-state index contributed by atoms with van der Waals surface area (Å²) in [6, 6.07) is 0. The van der Waals surface area contributed by atoms with Crippen LogP contribution < -0.4 is 0 Å². The second kappa shape index (κ2) is 4.18. The van der Waals surface area contributed by atoms with Crippen LogP contribution in [0.15, 0.2) is 23.8 Å². The molecule has 0 saturated heterocycles. The van der Waals surface area contributed by atoms with Crippen molar-refractivity contribution < 1.29 is 9.59 Å². The van der Waals surface area contributed by atoms with Gasteiger partial charge in [0, 0.05) is 17.3 Å². The molecule has 0 aromatic heterocycles. The van der Waals surface area contributed by atoms with E-state index in [0.717, 1.165) is 32.1 Å². The molecule has 2 heteroatoms. The van der Waals surface area contributed by atoms with Crippen LogP contribution in [0.5, 0.6) is 0 Å². The lowest BCUT2D eigenvalue weighted by molar-refractivity contribution is -0.131. The molecule has 0 aromatic carbocycles. The molecule has 5 atom stereocenters. The highest BCUT2D eigenvalue weighted by atomic mass is 16.1. The van der Waals surface area contributed by atoms with Crippen molar-refractivity contribution in [3.05, 3.63) is 23.8 Å². The second-order valence-electron chi connectivity index (χ2n) is 8.02. The lowest BCUT2D eigenvalue weighted by Gasteiger charge is -2.55. The van der Waals surface area contributed by atoms with Gasteiger partial charge in [-0.2, -0.15) is 0 Å². The zero-order valence-corrected chi connectivity index (χ0v) is 13.0. The van der Waals surface area contributed by atoms with Gasteiger partial charge in [0.15, 0.2) is 5.78 Å². The van der Waals surface area contributed by atoms with Gasteiger partial charge in [0.05, 0.1) is 0 Å². The Kier molecular flexibility index (Phi) is 2.68. The summed E-state index contributed by atoms with van der Waals surface area (Å²) < 4.78 is 0. The monoisotopic (exact) mass is 284 g/mol. The molecule has 0 bridgehead atoms. The van der Waals surface area contributed by atoms with Crippen LogP contribution in [0.4, 0.5) is 0 Å². The molecular weight excluding hydrogens is 260 g/mol. The molecule has 3 saturated carbocycles. The second-order valence-corrected chi connectivity index (χ2v) is 8.02. The topological polar surface area (TPSA) is 34.1 Å². The Balaban J connectivity index is 1.72. The van der Waals surface area contributed by atoms with Gasteiger partial charge in [-0.3, -0.25) is 9.59 Å². The molecule has 0 spiro atoms. The molecule has 4 aliphatic rings. The first-order valence-corrected chi connectivity index (χ1v) is 8.43. The minimum absolute atomic E-state index is 0.0487.